The zero-order valence-corrected chi connectivity index (χ0v) is 16.5. The highest BCUT2D eigenvalue weighted by atomic mass is 16.3. The molecule has 2 fully saturated rings. The molecular weight excluding hydrogens is 346 g/mol. The lowest BCUT2D eigenvalue weighted by Gasteiger charge is -2.43. The smallest absolute Gasteiger partial charge is 0.134 e. The van der Waals surface area contributed by atoms with Crippen LogP contribution in [0.2, 0.25) is 0 Å². The van der Waals surface area contributed by atoms with E-state index in [4.69, 9.17) is 4.42 Å². The van der Waals surface area contributed by atoms with Crippen molar-refractivity contribution in [1.82, 2.24) is 9.80 Å². The van der Waals surface area contributed by atoms with Gasteiger partial charge in [-0.15, -0.1) is 0 Å². The second-order valence-corrected chi connectivity index (χ2v) is 8.14. The van der Waals surface area contributed by atoms with E-state index in [2.05, 4.69) is 69.3 Å². The van der Waals surface area contributed by atoms with Crippen molar-refractivity contribution in [2.75, 3.05) is 44.2 Å². The van der Waals surface area contributed by atoms with Gasteiger partial charge in [-0.1, -0.05) is 36.4 Å². The molecule has 0 aliphatic carbocycles. The zero-order chi connectivity index (χ0) is 18.8. The molecule has 2 aliphatic heterocycles. The van der Waals surface area contributed by atoms with E-state index in [-0.39, 0.29) is 0 Å². The molecule has 0 radical (unpaired) electrons. The van der Waals surface area contributed by atoms with E-state index in [1.807, 2.05) is 6.07 Å². The normalized spacial score (nSPS) is 22.0. The fraction of sp³-hybridized carbons (Fsp3) is 0.417. The number of likely N-dealkylation sites (tertiary alicyclic amines) is 1. The van der Waals surface area contributed by atoms with Crippen molar-refractivity contribution in [3.05, 3.63) is 66.4 Å². The van der Waals surface area contributed by atoms with E-state index in [1.54, 1.807) is 0 Å². The molecule has 5 rings (SSSR count). The first-order chi connectivity index (χ1) is 13.8. The van der Waals surface area contributed by atoms with E-state index >= 15 is 0 Å². The molecule has 0 spiro atoms. The number of piperidine rings is 1. The molecular formula is C24H29N3O. The quantitative estimate of drug-likeness (QED) is 0.681. The molecule has 0 unspecified atom stereocenters. The van der Waals surface area contributed by atoms with Crippen LogP contribution in [0.3, 0.4) is 0 Å². The minimum atomic E-state index is 0.677. The topological polar surface area (TPSA) is 22.9 Å². The molecule has 3 heterocycles. The van der Waals surface area contributed by atoms with Gasteiger partial charge in [0, 0.05) is 49.8 Å². The number of benzene rings is 2. The molecule has 4 nitrogen and oxygen atoms in total. The molecule has 0 saturated carbocycles. The average molecular weight is 376 g/mol. The van der Waals surface area contributed by atoms with Crippen molar-refractivity contribution in [1.29, 1.82) is 0 Å². The molecule has 2 aromatic carbocycles. The molecule has 0 bridgehead atoms. The van der Waals surface area contributed by atoms with Crippen molar-refractivity contribution in [3.8, 4) is 0 Å². The summed E-state index contributed by atoms with van der Waals surface area (Å²) in [6, 6.07) is 22.0. The lowest BCUT2D eigenvalue weighted by atomic mass is 10.0. The van der Waals surface area contributed by atoms with E-state index in [0.717, 1.165) is 50.6 Å². The summed E-state index contributed by atoms with van der Waals surface area (Å²) >= 11 is 0. The Bertz CT molecular complexity index is 865. The number of furan rings is 1. The van der Waals surface area contributed by atoms with Gasteiger partial charge in [0.2, 0.25) is 0 Å². The first kappa shape index (κ1) is 17.8. The summed E-state index contributed by atoms with van der Waals surface area (Å²) in [5, 5.41) is 1.21. The maximum Gasteiger partial charge on any atom is 0.134 e. The molecule has 1 atom stereocenters. The Hall–Kier alpha value is -2.30. The van der Waals surface area contributed by atoms with Crippen LogP contribution in [-0.4, -0.2) is 55.1 Å². The fourth-order valence-corrected chi connectivity index (χ4v) is 4.79. The van der Waals surface area contributed by atoms with Gasteiger partial charge < -0.3 is 9.32 Å². The summed E-state index contributed by atoms with van der Waals surface area (Å²) in [7, 11) is 0. The van der Waals surface area contributed by atoms with Crippen LogP contribution in [0.4, 0.5) is 5.69 Å². The lowest BCUT2D eigenvalue weighted by Crippen LogP contribution is -2.55. The van der Waals surface area contributed by atoms with Crippen LogP contribution in [-0.2, 0) is 6.54 Å². The number of anilines is 1. The number of hydrogen-bond acceptors (Lipinski definition) is 4. The van der Waals surface area contributed by atoms with Gasteiger partial charge in [-0.3, -0.25) is 9.80 Å². The summed E-state index contributed by atoms with van der Waals surface area (Å²) in [6.45, 7) is 7.85. The van der Waals surface area contributed by atoms with Crippen LogP contribution < -0.4 is 4.90 Å². The predicted octanol–water partition coefficient (Wildman–Crippen LogP) is 4.22. The van der Waals surface area contributed by atoms with E-state index < -0.39 is 0 Å². The predicted molar refractivity (Wildman–Crippen MR) is 115 cm³/mol. The van der Waals surface area contributed by atoms with Crippen LogP contribution in [0.25, 0.3) is 11.0 Å². The zero-order valence-electron chi connectivity index (χ0n) is 16.5. The number of nitrogens with zero attached hydrogens (tertiary/aromatic N) is 3. The largest absolute Gasteiger partial charge is 0.460 e. The molecule has 28 heavy (non-hydrogen) atoms. The highest BCUT2D eigenvalue weighted by Gasteiger charge is 2.28. The number of piperazine rings is 1. The Morgan fingerprint density at radius 3 is 2.46 bits per heavy atom. The molecule has 4 heteroatoms. The second-order valence-electron chi connectivity index (χ2n) is 8.14. The molecule has 0 N–H and O–H groups in total. The fourth-order valence-electron chi connectivity index (χ4n) is 4.79. The van der Waals surface area contributed by atoms with Gasteiger partial charge in [0.25, 0.3) is 0 Å². The molecule has 146 valence electrons. The van der Waals surface area contributed by atoms with Crippen molar-refractivity contribution in [2.24, 2.45) is 0 Å². The Kier molecular flexibility index (Phi) is 5.06. The monoisotopic (exact) mass is 375 g/mol. The Morgan fingerprint density at radius 2 is 1.64 bits per heavy atom. The minimum Gasteiger partial charge on any atom is -0.460 e. The summed E-state index contributed by atoms with van der Waals surface area (Å²) in [5.74, 6) is 1.09. The number of hydrogen-bond donors (Lipinski definition) is 0. The standard InChI is InChI=1S/C24H29N3O/c1-2-8-21(9-3-1)26-13-15-27(16-14-26)22-10-6-12-25(18-22)19-23-17-20-7-4-5-11-24(20)28-23/h1-5,7-9,11,17,22H,6,10,12-16,18-19H2/t22-/m0/s1. The van der Waals surface area contributed by atoms with Gasteiger partial charge in [-0.25, -0.2) is 0 Å². The first-order valence-corrected chi connectivity index (χ1v) is 10.6. The maximum atomic E-state index is 6.05. The Morgan fingerprint density at radius 1 is 0.857 bits per heavy atom. The van der Waals surface area contributed by atoms with Crippen molar-refractivity contribution >= 4 is 16.7 Å². The van der Waals surface area contributed by atoms with Gasteiger partial charge >= 0.3 is 0 Å². The number of rotatable bonds is 4. The summed E-state index contributed by atoms with van der Waals surface area (Å²) in [6.07, 6.45) is 2.60. The van der Waals surface area contributed by atoms with E-state index in [9.17, 15) is 0 Å². The Labute approximate surface area is 167 Å². The summed E-state index contributed by atoms with van der Waals surface area (Å²) < 4.78 is 6.05. The average Bonchev–Trinajstić information content (AvgIpc) is 3.17. The van der Waals surface area contributed by atoms with Crippen LogP contribution >= 0.6 is 0 Å². The first-order valence-electron chi connectivity index (χ1n) is 10.6. The maximum absolute atomic E-state index is 6.05. The van der Waals surface area contributed by atoms with Crippen molar-refractivity contribution < 1.29 is 4.42 Å². The molecule has 3 aromatic rings. The van der Waals surface area contributed by atoms with Crippen LogP contribution in [0.5, 0.6) is 0 Å². The third-order valence-corrected chi connectivity index (χ3v) is 6.29. The lowest BCUT2D eigenvalue weighted by molar-refractivity contribution is 0.0852. The molecule has 1 aromatic heterocycles. The van der Waals surface area contributed by atoms with Gasteiger partial charge in [0.15, 0.2) is 0 Å². The van der Waals surface area contributed by atoms with E-state index in [0.29, 0.717) is 6.04 Å². The Balaban J connectivity index is 1.18. The van der Waals surface area contributed by atoms with Gasteiger partial charge in [-0.2, -0.15) is 0 Å². The van der Waals surface area contributed by atoms with Crippen LogP contribution in [0, 0.1) is 0 Å². The second kappa shape index (κ2) is 7.98. The highest BCUT2D eigenvalue weighted by molar-refractivity contribution is 5.77. The summed E-state index contributed by atoms with van der Waals surface area (Å²) in [5.41, 5.74) is 2.36. The van der Waals surface area contributed by atoms with Gasteiger partial charge in [-0.05, 0) is 43.7 Å². The van der Waals surface area contributed by atoms with Crippen molar-refractivity contribution in [3.63, 3.8) is 0 Å². The number of para-hydroxylation sites is 2. The van der Waals surface area contributed by atoms with E-state index in [1.165, 1.54) is 30.5 Å². The van der Waals surface area contributed by atoms with Gasteiger partial charge in [0.05, 0.1) is 6.54 Å². The minimum absolute atomic E-state index is 0.677. The molecule has 2 saturated heterocycles. The summed E-state index contributed by atoms with van der Waals surface area (Å²) in [4.78, 5) is 7.81. The third kappa shape index (κ3) is 3.80. The number of fused-ring (bicyclic) bond motifs is 1. The molecule has 2 aliphatic rings. The van der Waals surface area contributed by atoms with Gasteiger partial charge in [0.1, 0.15) is 11.3 Å². The molecule has 0 amide bonds. The van der Waals surface area contributed by atoms with Crippen LogP contribution in [0.15, 0.2) is 65.1 Å². The van der Waals surface area contributed by atoms with Crippen LogP contribution in [0.1, 0.15) is 18.6 Å². The van der Waals surface area contributed by atoms with Crippen molar-refractivity contribution in [2.45, 2.75) is 25.4 Å². The third-order valence-electron chi connectivity index (χ3n) is 6.29. The SMILES string of the molecule is c1ccc(N2CCN([C@H]3CCCN(Cc4cc5ccccc5o4)C3)CC2)cc1. The highest BCUT2D eigenvalue weighted by Crippen LogP contribution is 2.24.